The van der Waals surface area contributed by atoms with Crippen molar-refractivity contribution in [2.45, 2.75) is 44.1 Å². The molecule has 2 fully saturated rings. The average molecular weight is 358 g/mol. The van der Waals surface area contributed by atoms with Crippen LogP contribution in [0.3, 0.4) is 0 Å². The number of carbonyl (C=O) groups excluding carboxylic acids is 1. The molecule has 1 atom stereocenters. The average Bonchev–Trinajstić information content (AvgIpc) is 3.34. The fourth-order valence-corrected chi connectivity index (χ4v) is 3.63. The summed E-state index contributed by atoms with van der Waals surface area (Å²) in [6.07, 6.45) is 3.91. The molecule has 26 heavy (non-hydrogen) atoms. The highest BCUT2D eigenvalue weighted by Gasteiger charge is 2.44. The van der Waals surface area contributed by atoms with Gasteiger partial charge in [-0.05, 0) is 37.0 Å². The van der Waals surface area contributed by atoms with E-state index in [4.69, 9.17) is 4.74 Å². The summed E-state index contributed by atoms with van der Waals surface area (Å²) >= 11 is 0. The minimum atomic E-state index is 0.198. The lowest BCUT2D eigenvalue weighted by Crippen LogP contribution is -2.47. The first-order valence-electron chi connectivity index (χ1n) is 9.49. The molecule has 0 aromatic heterocycles. The third-order valence-corrected chi connectivity index (χ3v) is 5.56. The Morgan fingerprint density at radius 1 is 1.35 bits per heavy atom. The van der Waals surface area contributed by atoms with Gasteiger partial charge < -0.3 is 20.3 Å². The van der Waals surface area contributed by atoms with Gasteiger partial charge in [0, 0.05) is 44.6 Å². The van der Waals surface area contributed by atoms with Crippen molar-refractivity contribution in [3.63, 3.8) is 0 Å². The molecule has 1 aromatic carbocycles. The number of benzene rings is 1. The van der Waals surface area contributed by atoms with Crippen LogP contribution in [0.1, 0.15) is 38.2 Å². The molecule has 1 saturated heterocycles. The molecule has 1 saturated carbocycles. The molecule has 2 aliphatic rings. The van der Waals surface area contributed by atoms with Gasteiger partial charge in [0.2, 0.25) is 5.91 Å². The number of rotatable bonds is 6. The molecule has 6 nitrogen and oxygen atoms in total. The van der Waals surface area contributed by atoms with E-state index in [1.54, 1.807) is 14.2 Å². The number of carbonyl (C=O) groups is 1. The first kappa shape index (κ1) is 18.5. The van der Waals surface area contributed by atoms with E-state index in [2.05, 4.69) is 27.8 Å². The number of hydrogen-bond acceptors (Lipinski definition) is 3. The lowest BCUT2D eigenvalue weighted by Gasteiger charge is -2.22. The number of amides is 1. The van der Waals surface area contributed by atoms with Crippen molar-refractivity contribution >= 4 is 11.9 Å². The summed E-state index contributed by atoms with van der Waals surface area (Å²) in [4.78, 5) is 18.1. The summed E-state index contributed by atoms with van der Waals surface area (Å²) in [5.74, 6) is 1.94. The summed E-state index contributed by atoms with van der Waals surface area (Å²) in [6.45, 7) is 4.37. The molecule has 2 N–H and O–H groups in total. The number of guanidine groups is 1. The van der Waals surface area contributed by atoms with Crippen LogP contribution in [0.4, 0.5) is 0 Å². The van der Waals surface area contributed by atoms with Gasteiger partial charge in [0.1, 0.15) is 5.75 Å². The van der Waals surface area contributed by atoms with E-state index in [1.165, 1.54) is 18.4 Å². The van der Waals surface area contributed by atoms with Crippen molar-refractivity contribution in [3.8, 4) is 5.75 Å². The highest BCUT2D eigenvalue weighted by Crippen LogP contribution is 2.47. The Morgan fingerprint density at radius 2 is 2.08 bits per heavy atom. The van der Waals surface area contributed by atoms with Gasteiger partial charge in [0.05, 0.1) is 7.11 Å². The quantitative estimate of drug-likeness (QED) is 0.602. The van der Waals surface area contributed by atoms with Gasteiger partial charge >= 0.3 is 0 Å². The maximum absolute atomic E-state index is 11.8. The van der Waals surface area contributed by atoms with E-state index in [0.717, 1.165) is 37.8 Å². The molecule has 142 valence electrons. The maximum Gasteiger partial charge on any atom is 0.222 e. The van der Waals surface area contributed by atoms with Crippen LogP contribution in [-0.4, -0.2) is 56.6 Å². The fraction of sp³-hybridized carbons (Fsp3) is 0.600. The number of nitrogens with zero attached hydrogens (tertiary/aromatic N) is 2. The Balaban J connectivity index is 1.52. The van der Waals surface area contributed by atoms with Gasteiger partial charge in [0.25, 0.3) is 0 Å². The predicted octanol–water partition coefficient (Wildman–Crippen LogP) is 1.90. The zero-order valence-corrected chi connectivity index (χ0v) is 16.0. The molecule has 1 unspecified atom stereocenters. The van der Waals surface area contributed by atoms with Crippen molar-refractivity contribution in [2.24, 2.45) is 4.99 Å². The van der Waals surface area contributed by atoms with E-state index in [-0.39, 0.29) is 17.4 Å². The molecular weight excluding hydrogens is 328 g/mol. The minimum absolute atomic E-state index is 0.198. The van der Waals surface area contributed by atoms with Crippen molar-refractivity contribution in [1.82, 2.24) is 15.5 Å². The molecule has 1 aliphatic carbocycles. The number of nitrogens with one attached hydrogen (secondary N) is 2. The highest BCUT2D eigenvalue weighted by molar-refractivity contribution is 5.80. The smallest absolute Gasteiger partial charge is 0.222 e. The molecule has 1 heterocycles. The van der Waals surface area contributed by atoms with Crippen molar-refractivity contribution in [3.05, 3.63) is 29.8 Å². The third-order valence-electron chi connectivity index (χ3n) is 5.56. The first-order valence-corrected chi connectivity index (χ1v) is 9.49. The standard InChI is InChI=1S/C20H30N4O2/c1-4-18(25)24-12-9-16(13-24)23-19(21-2)22-14-20(10-11-20)15-5-7-17(26-3)8-6-15/h5-8,16H,4,9-14H2,1-3H3,(H2,21,22,23). The molecule has 1 amide bonds. The van der Waals surface area contributed by atoms with Crippen LogP contribution in [0.5, 0.6) is 5.75 Å². The molecule has 0 spiro atoms. The Kier molecular flexibility index (Phi) is 5.69. The molecule has 1 aliphatic heterocycles. The van der Waals surface area contributed by atoms with E-state index in [0.29, 0.717) is 6.42 Å². The zero-order chi connectivity index (χ0) is 18.6. The maximum atomic E-state index is 11.8. The van der Waals surface area contributed by atoms with Crippen LogP contribution in [0.2, 0.25) is 0 Å². The third kappa shape index (κ3) is 4.11. The Labute approximate surface area is 156 Å². The Morgan fingerprint density at radius 3 is 2.65 bits per heavy atom. The lowest BCUT2D eigenvalue weighted by atomic mass is 9.96. The number of ether oxygens (including phenoxy) is 1. The molecular formula is C20H30N4O2. The first-order chi connectivity index (χ1) is 12.6. The molecule has 0 radical (unpaired) electrons. The van der Waals surface area contributed by atoms with Gasteiger partial charge in [-0.25, -0.2) is 0 Å². The minimum Gasteiger partial charge on any atom is -0.497 e. The second kappa shape index (κ2) is 7.98. The van der Waals surface area contributed by atoms with Gasteiger partial charge in [-0.15, -0.1) is 0 Å². The summed E-state index contributed by atoms with van der Waals surface area (Å²) in [5.41, 5.74) is 1.55. The lowest BCUT2D eigenvalue weighted by molar-refractivity contribution is -0.129. The van der Waals surface area contributed by atoms with Gasteiger partial charge in [-0.1, -0.05) is 19.1 Å². The highest BCUT2D eigenvalue weighted by atomic mass is 16.5. The number of hydrogen-bond donors (Lipinski definition) is 2. The Hall–Kier alpha value is -2.24. The summed E-state index contributed by atoms with van der Waals surface area (Å²) in [5, 5.41) is 6.96. The van der Waals surface area contributed by atoms with Crippen LogP contribution in [0.15, 0.2) is 29.3 Å². The second-order valence-corrected chi connectivity index (χ2v) is 7.26. The van der Waals surface area contributed by atoms with Crippen LogP contribution in [-0.2, 0) is 10.2 Å². The van der Waals surface area contributed by atoms with Crippen molar-refractivity contribution < 1.29 is 9.53 Å². The fourth-order valence-electron chi connectivity index (χ4n) is 3.63. The van der Waals surface area contributed by atoms with Crippen LogP contribution in [0.25, 0.3) is 0 Å². The van der Waals surface area contributed by atoms with Gasteiger partial charge in [0.15, 0.2) is 5.96 Å². The molecule has 1 aromatic rings. The summed E-state index contributed by atoms with van der Waals surface area (Å²) < 4.78 is 5.25. The van der Waals surface area contributed by atoms with E-state index in [1.807, 2.05) is 24.0 Å². The summed E-state index contributed by atoms with van der Waals surface area (Å²) in [7, 11) is 3.49. The topological polar surface area (TPSA) is 66.0 Å². The summed E-state index contributed by atoms with van der Waals surface area (Å²) in [6, 6.07) is 8.65. The van der Waals surface area contributed by atoms with Gasteiger partial charge in [-0.2, -0.15) is 0 Å². The van der Waals surface area contributed by atoms with E-state index < -0.39 is 0 Å². The molecule has 3 rings (SSSR count). The largest absolute Gasteiger partial charge is 0.497 e. The number of likely N-dealkylation sites (tertiary alicyclic amines) is 1. The number of aliphatic imine (C=N–C) groups is 1. The molecule has 0 bridgehead atoms. The number of methoxy groups -OCH3 is 1. The van der Waals surface area contributed by atoms with Crippen LogP contribution < -0.4 is 15.4 Å². The van der Waals surface area contributed by atoms with Crippen molar-refractivity contribution in [1.29, 1.82) is 0 Å². The van der Waals surface area contributed by atoms with Crippen molar-refractivity contribution in [2.75, 3.05) is 33.8 Å². The second-order valence-electron chi connectivity index (χ2n) is 7.26. The predicted molar refractivity (Wildman–Crippen MR) is 104 cm³/mol. The Bertz CT molecular complexity index is 652. The van der Waals surface area contributed by atoms with E-state index >= 15 is 0 Å². The SMILES string of the molecule is CCC(=O)N1CCC(NC(=NC)NCC2(c3ccc(OC)cc3)CC2)C1. The normalized spacial score (nSPS) is 21.4. The monoisotopic (exact) mass is 358 g/mol. The van der Waals surface area contributed by atoms with E-state index in [9.17, 15) is 4.79 Å². The van der Waals surface area contributed by atoms with Gasteiger partial charge in [-0.3, -0.25) is 9.79 Å². The van der Waals surface area contributed by atoms with Crippen LogP contribution >= 0.6 is 0 Å². The van der Waals surface area contributed by atoms with Crippen LogP contribution in [0, 0.1) is 0 Å². The molecule has 6 heteroatoms. The zero-order valence-electron chi connectivity index (χ0n) is 16.0.